The van der Waals surface area contributed by atoms with Crippen molar-refractivity contribution >= 4 is 17.5 Å². The molecule has 0 saturated heterocycles. The zero-order valence-electron chi connectivity index (χ0n) is 8.01. The maximum atomic E-state index is 11.6. The second kappa shape index (κ2) is 3.62. The minimum atomic E-state index is 0.000556. The largest absolute Gasteiger partial charge is 0.349 e. The highest BCUT2D eigenvalue weighted by Gasteiger charge is 2.24. The van der Waals surface area contributed by atoms with Gasteiger partial charge in [0.1, 0.15) is 0 Å². The highest BCUT2D eigenvalue weighted by Crippen LogP contribution is 2.25. The van der Waals surface area contributed by atoms with Crippen LogP contribution >= 0.6 is 11.6 Å². The van der Waals surface area contributed by atoms with Crippen LogP contribution in [0.3, 0.4) is 0 Å². The molecule has 0 bridgehead atoms. The first kappa shape index (κ1) is 9.53. The second-order valence-electron chi connectivity index (χ2n) is 3.55. The minimum Gasteiger partial charge on any atom is -0.349 e. The molecule has 1 aromatic carbocycles. The van der Waals surface area contributed by atoms with Gasteiger partial charge in [0.25, 0.3) is 5.91 Å². The van der Waals surface area contributed by atoms with E-state index < -0.39 is 0 Å². The van der Waals surface area contributed by atoms with Gasteiger partial charge in [-0.25, -0.2) is 0 Å². The smallest absolute Gasteiger partial charge is 0.251 e. The molecule has 1 atom stereocenters. The molecule has 0 spiro atoms. The molecule has 1 unspecified atom stereocenters. The van der Waals surface area contributed by atoms with Crippen LogP contribution in [-0.4, -0.2) is 11.9 Å². The molecule has 3 heteroatoms. The van der Waals surface area contributed by atoms with Crippen LogP contribution in [0.15, 0.2) is 18.2 Å². The Bertz CT molecular complexity index is 376. The molecule has 1 heterocycles. The number of carbonyl (C=O) groups excluding carboxylic acids is 1. The van der Waals surface area contributed by atoms with Crippen molar-refractivity contribution in [2.45, 2.75) is 25.8 Å². The summed E-state index contributed by atoms with van der Waals surface area (Å²) in [6, 6.07) is 5.70. The Balaban J connectivity index is 2.45. The third-order valence-electron chi connectivity index (χ3n) is 2.64. The molecule has 1 aromatic rings. The first-order chi connectivity index (χ1) is 6.72. The van der Waals surface area contributed by atoms with Crippen LogP contribution in [0.1, 0.15) is 29.3 Å². The van der Waals surface area contributed by atoms with Crippen molar-refractivity contribution < 1.29 is 4.79 Å². The summed E-state index contributed by atoms with van der Waals surface area (Å²) in [5, 5.41) is 3.66. The van der Waals surface area contributed by atoms with Gasteiger partial charge >= 0.3 is 0 Å². The monoisotopic (exact) mass is 209 g/mol. The fourth-order valence-corrected chi connectivity index (χ4v) is 2.04. The number of carbonyl (C=O) groups is 1. The SMILES string of the molecule is CCC1Cc2c(Cl)cccc2C(=O)N1. The van der Waals surface area contributed by atoms with Gasteiger partial charge in [0.2, 0.25) is 0 Å². The third kappa shape index (κ3) is 1.50. The number of benzene rings is 1. The van der Waals surface area contributed by atoms with Crippen molar-refractivity contribution in [1.82, 2.24) is 5.32 Å². The average molecular weight is 210 g/mol. The molecule has 0 aliphatic carbocycles. The van der Waals surface area contributed by atoms with Crippen molar-refractivity contribution in [3.8, 4) is 0 Å². The highest BCUT2D eigenvalue weighted by molar-refractivity contribution is 6.32. The first-order valence-electron chi connectivity index (χ1n) is 4.80. The number of fused-ring (bicyclic) bond motifs is 1. The van der Waals surface area contributed by atoms with Crippen molar-refractivity contribution in [2.24, 2.45) is 0 Å². The van der Waals surface area contributed by atoms with Crippen LogP contribution < -0.4 is 5.32 Å². The lowest BCUT2D eigenvalue weighted by Gasteiger charge is -2.25. The van der Waals surface area contributed by atoms with Crippen LogP contribution in [0, 0.1) is 0 Å². The zero-order valence-corrected chi connectivity index (χ0v) is 8.77. The van der Waals surface area contributed by atoms with Gasteiger partial charge in [0, 0.05) is 16.6 Å². The lowest BCUT2D eigenvalue weighted by molar-refractivity contribution is 0.0924. The van der Waals surface area contributed by atoms with E-state index >= 15 is 0 Å². The predicted octanol–water partition coefficient (Wildman–Crippen LogP) is 2.40. The van der Waals surface area contributed by atoms with Crippen LogP contribution in [0.4, 0.5) is 0 Å². The molecule has 74 valence electrons. The Morgan fingerprint density at radius 2 is 2.36 bits per heavy atom. The molecule has 1 aliphatic heterocycles. The molecular formula is C11H12ClNO. The van der Waals surface area contributed by atoms with E-state index in [0.717, 1.165) is 24.0 Å². The molecule has 0 radical (unpaired) electrons. The first-order valence-corrected chi connectivity index (χ1v) is 5.18. The van der Waals surface area contributed by atoms with E-state index in [9.17, 15) is 4.79 Å². The molecule has 0 saturated carbocycles. The predicted molar refractivity (Wildman–Crippen MR) is 56.7 cm³/mol. The van der Waals surface area contributed by atoms with E-state index in [-0.39, 0.29) is 11.9 Å². The average Bonchev–Trinajstić information content (AvgIpc) is 2.19. The fourth-order valence-electron chi connectivity index (χ4n) is 1.79. The van der Waals surface area contributed by atoms with Gasteiger partial charge in [-0.1, -0.05) is 24.6 Å². The Hall–Kier alpha value is -1.02. The van der Waals surface area contributed by atoms with Crippen LogP contribution in [0.5, 0.6) is 0 Å². The number of hydrogen-bond donors (Lipinski definition) is 1. The summed E-state index contributed by atoms with van der Waals surface area (Å²) in [5.41, 5.74) is 1.71. The van der Waals surface area contributed by atoms with Gasteiger partial charge in [-0.05, 0) is 30.5 Å². The van der Waals surface area contributed by atoms with Crippen molar-refractivity contribution in [1.29, 1.82) is 0 Å². The summed E-state index contributed by atoms with van der Waals surface area (Å²) >= 11 is 6.05. The summed E-state index contributed by atoms with van der Waals surface area (Å²) in [5.74, 6) is 0.000556. The number of nitrogens with one attached hydrogen (secondary N) is 1. The zero-order chi connectivity index (χ0) is 10.1. The molecule has 14 heavy (non-hydrogen) atoms. The molecule has 1 amide bonds. The maximum absolute atomic E-state index is 11.6. The summed E-state index contributed by atoms with van der Waals surface area (Å²) in [6.07, 6.45) is 1.79. The van der Waals surface area contributed by atoms with Gasteiger partial charge in [0.15, 0.2) is 0 Å². The Kier molecular flexibility index (Phi) is 2.46. The molecule has 0 fully saturated rings. The fraction of sp³-hybridized carbons (Fsp3) is 0.364. The van der Waals surface area contributed by atoms with Gasteiger partial charge in [-0.15, -0.1) is 0 Å². The van der Waals surface area contributed by atoms with Gasteiger partial charge in [0.05, 0.1) is 0 Å². The quantitative estimate of drug-likeness (QED) is 0.756. The molecule has 0 aromatic heterocycles. The number of halogens is 1. The standard InChI is InChI=1S/C11H12ClNO/c1-2-7-6-9-8(11(14)13-7)4-3-5-10(9)12/h3-5,7H,2,6H2,1H3,(H,13,14). The van der Waals surface area contributed by atoms with Crippen molar-refractivity contribution in [3.63, 3.8) is 0 Å². The minimum absolute atomic E-state index is 0.000556. The summed E-state index contributed by atoms with van der Waals surface area (Å²) in [6.45, 7) is 2.06. The molecular weight excluding hydrogens is 198 g/mol. The topological polar surface area (TPSA) is 29.1 Å². The lowest BCUT2D eigenvalue weighted by atomic mass is 9.94. The van der Waals surface area contributed by atoms with E-state index in [1.165, 1.54) is 0 Å². The molecule has 2 rings (SSSR count). The molecule has 1 N–H and O–H groups in total. The highest BCUT2D eigenvalue weighted by atomic mass is 35.5. The van der Waals surface area contributed by atoms with E-state index in [0.29, 0.717) is 5.02 Å². The summed E-state index contributed by atoms with van der Waals surface area (Å²) in [4.78, 5) is 11.6. The van der Waals surface area contributed by atoms with Crippen LogP contribution in [0.25, 0.3) is 0 Å². The van der Waals surface area contributed by atoms with Crippen molar-refractivity contribution in [3.05, 3.63) is 34.3 Å². The number of amides is 1. The van der Waals surface area contributed by atoms with E-state index in [1.807, 2.05) is 18.2 Å². The third-order valence-corrected chi connectivity index (χ3v) is 3.00. The van der Waals surface area contributed by atoms with Crippen molar-refractivity contribution in [2.75, 3.05) is 0 Å². The van der Waals surface area contributed by atoms with Gasteiger partial charge < -0.3 is 5.32 Å². The summed E-state index contributed by atoms with van der Waals surface area (Å²) in [7, 11) is 0. The van der Waals surface area contributed by atoms with Gasteiger partial charge in [-0.2, -0.15) is 0 Å². The maximum Gasteiger partial charge on any atom is 0.251 e. The van der Waals surface area contributed by atoms with Crippen LogP contribution in [0.2, 0.25) is 5.02 Å². The Morgan fingerprint density at radius 3 is 3.07 bits per heavy atom. The normalized spacial score (nSPS) is 20.1. The lowest BCUT2D eigenvalue weighted by Crippen LogP contribution is -2.40. The van der Waals surface area contributed by atoms with E-state index in [4.69, 9.17) is 11.6 Å². The second-order valence-corrected chi connectivity index (χ2v) is 3.96. The van der Waals surface area contributed by atoms with E-state index in [2.05, 4.69) is 12.2 Å². The number of rotatable bonds is 1. The number of hydrogen-bond acceptors (Lipinski definition) is 1. The molecule has 2 nitrogen and oxygen atoms in total. The van der Waals surface area contributed by atoms with E-state index in [1.54, 1.807) is 0 Å². The van der Waals surface area contributed by atoms with Gasteiger partial charge in [-0.3, -0.25) is 4.79 Å². The van der Waals surface area contributed by atoms with Crippen LogP contribution in [-0.2, 0) is 6.42 Å². The Morgan fingerprint density at radius 1 is 1.57 bits per heavy atom. The summed E-state index contributed by atoms with van der Waals surface area (Å²) < 4.78 is 0. The molecule has 1 aliphatic rings. The Labute approximate surface area is 88.3 Å².